The van der Waals surface area contributed by atoms with E-state index < -0.39 is 6.10 Å². The van der Waals surface area contributed by atoms with Crippen LogP contribution in [0.4, 0.5) is 0 Å². The number of hydrogen-bond acceptors (Lipinski definition) is 5. The average Bonchev–Trinajstić information content (AvgIpc) is 3.26. The summed E-state index contributed by atoms with van der Waals surface area (Å²) >= 11 is 0. The summed E-state index contributed by atoms with van der Waals surface area (Å²) in [6.45, 7) is -0.112. The highest BCUT2D eigenvalue weighted by molar-refractivity contribution is 6.01. The topological polar surface area (TPSA) is 88.2 Å². The van der Waals surface area contributed by atoms with Crippen LogP contribution in [0.2, 0.25) is 0 Å². The zero-order valence-corrected chi connectivity index (χ0v) is 14.2. The first-order chi connectivity index (χ1) is 12.7. The van der Waals surface area contributed by atoms with E-state index >= 15 is 0 Å². The number of carbonyl (C=O) groups is 1. The molecule has 0 amide bonds. The first kappa shape index (κ1) is 16.6. The Morgan fingerprint density at radius 2 is 1.88 bits per heavy atom. The number of ketones is 1. The molecule has 0 fully saturated rings. The van der Waals surface area contributed by atoms with Gasteiger partial charge in [0, 0.05) is 41.7 Å². The fourth-order valence-electron chi connectivity index (χ4n) is 3.35. The molecule has 1 aliphatic rings. The minimum Gasteiger partial charge on any atom is -0.394 e. The van der Waals surface area contributed by atoms with Crippen LogP contribution in [0.15, 0.2) is 48.9 Å². The highest BCUT2D eigenvalue weighted by Crippen LogP contribution is 2.34. The molecular formula is C20H19N3O3. The molecule has 26 heavy (non-hydrogen) atoms. The van der Waals surface area contributed by atoms with Crippen molar-refractivity contribution < 1.29 is 15.0 Å². The Morgan fingerprint density at radius 1 is 1.08 bits per heavy atom. The second-order valence-corrected chi connectivity index (χ2v) is 6.48. The first-order valence-electron chi connectivity index (χ1n) is 8.59. The van der Waals surface area contributed by atoms with Crippen molar-refractivity contribution in [3.63, 3.8) is 0 Å². The molecule has 2 aromatic heterocycles. The van der Waals surface area contributed by atoms with E-state index in [1.165, 1.54) is 0 Å². The molecule has 0 spiro atoms. The number of aryl methyl sites for hydroxylation is 1. The molecule has 4 rings (SSSR count). The molecule has 0 aliphatic heterocycles. The van der Waals surface area contributed by atoms with Crippen molar-refractivity contribution in [2.45, 2.75) is 25.5 Å². The zero-order valence-electron chi connectivity index (χ0n) is 14.2. The summed E-state index contributed by atoms with van der Waals surface area (Å²) in [7, 11) is 0. The standard InChI is InChI=1S/C20H19N3O3/c24-12-16(25)10-23-11-18(20(22-23)13-5-7-21-8-6-13)15-1-3-17-14(9-15)2-4-19(17)26/h1,3,5-9,11,16,24-25H,2,4,10,12H2. The van der Waals surface area contributed by atoms with E-state index in [9.17, 15) is 9.90 Å². The number of pyridine rings is 1. The summed E-state index contributed by atoms with van der Waals surface area (Å²) in [6.07, 6.45) is 5.75. The lowest BCUT2D eigenvalue weighted by Gasteiger charge is -2.06. The quantitative estimate of drug-likeness (QED) is 0.736. The van der Waals surface area contributed by atoms with Crippen LogP contribution in [0, 0.1) is 0 Å². The van der Waals surface area contributed by atoms with Crippen LogP contribution >= 0.6 is 0 Å². The molecule has 2 N–H and O–H groups in total. The van der Waals surface area contributed by atoms with Gasteiger partial charge in [-0.25, -0.2) is 0 Å². The first-order valence-corrected chi connectivity index (χ1v) is 8.59. The minimum absolute atomic E-state index is 0.197. The third-order valence-corrected chi connectivity index (χ3v) is 4.66. The van der Waals surface area contributed by atoms with Crippen molar-refractivity contribution in [2.75, 3.05) is 6.61 Å². The van der Waals surface area contributed by atoms with Crippen LogP contribution in [0.1, 0.15) is 22.3 Å². The van der Waals surface area contributed by atoms with Gasteiger partial charge in [0.2, 0.25) is 0 Å². The lowest BCUT2D eigenvalue weighted by molar-refractivity contribution is 0.0783. The molecule has 0 saturated carbocycles. The molecular weight excluding hydrogens is 330 g/mol. The van der Waals surface area contributed by atoms with E-state index in [1.807, 2.05) is 30.5 Å². The number of aliphatic hydroxyl groups excluding tert-OH is 2. The summed E-state index contributed by atoms with van der Waals surface area (Å²) in [5.41, 5.74) is 5.47. The number of aliphatic hydroxyl groups is 2. The molecule has 6 heteroatoms. The molecule has 0 saturated heterocycles. The highest BCUT2D eigenvalue weighted by atomic mass is 16.3. The van der Waals surface area contributed by atoms with Gasteiger partial charge in [-0.05, 0) is 29.7 Å². The van der Waals surface area contributed by atoms with Gasteiger partial charge in [0.15, 0.2) is 5.78 Å². The Hall–Kier alpha value is -2.83. The van der Waals surface area contributed by atoms with Gasteiger partial charge in [0.1, 0.15) is 5.69 Å². The largest absolute Gasteiger partial charge is 0.394 e. The summed E-state index contributed by atoms with van der Waals surface area (Å²) < 4.78 is 1.64. The maximum absolute atomic E-state index is 11.9. The maximum Gasteiger partial charge on any atom is 0.163 e. The second kappa shape index (κ2) is 6.82. The molecule has 1 unspecified atom stereocenters. The normalized spacial score (nSPS) is 14.5. The molecule has 1 aromatic carbocycles. The highest BCUT2D eigenvalue weighted by Gasteiger charge is 2.21. The Morgan fingerprint density at radius 3 is 2.65 bits per heavy atom. The van der Waals surface area contributed by atoms with Crippen LogP contribution in [0.5, 0.6) is 0 Å². The number of fused-ring (bicyclic) bond motifs is 1. The van der Waals surface area contributed by atoms with E-state index in [0.29, 0.717) is 6.42 Å². The van der Waals surface area contributed by atoms with Gasteiger partial charge in [0.05, 0.1) is 19.3 Å². The SMILES string of the molecule is O=C1CCc2cc(-c3cn(CC(O)CO)nc3-c3ccncc3)ccc21. The third-order valence-electron chi connectivity index (χ3n) is 4.66. The van der Waals surface area contributed by atoms with Crippen LogP contribution in [-0.2, 0) is 13.0 Å². The van der Waals surface area contributed by atoms with Gasteiger partial charge in [-0.2, -0.15) is 5.10 Å². The summed E-state index contributed by atoms with van der Waals surface area (Å²) in [4.78, 5) is 15.9. The number of carbonyl (C=O) groups excluding carboxylic acids is 1. The smallest absolute Gasteiger partial charge is 0.163 e. The Labute approximate surface area is 150 Å². The van der Waals surface area contributed by atoms with Gasteiger partial charge in [0.25, 0.3) is 0 Å². The van der Waals surface area contributed by atoms with E-state index in [2.05, 4.69) is 16.1 Å². The van der Waals surface area contributed by atoms with Gasteiger partial charge >= 0.3 is 0 Å². The molecule has 2 heterocycles. The monoisotopic (exact) mass is 349 g/mol. The Kier molecular flexibility index (Phi) is 4.36. The van der Waals surface area contributed by atoms with Crippen molar-refractivity contribution in [3.8, 4) is 22.4 Å². The Bertz CT molecular complexity index is 950. The predicted octanol–water partition coefficient (Wildman–Crippen LogP) is 2.09. The number of hydrogen-bond donors (Lipinski definition) is 2. The van der Waals surface area contributed by atoms with Gasteiger partial charge in [-0.3, -0.25) is 14.5 Å². The van der Waals surface area contributed by atoms with Gasteiger partial charge < -0.3 is 10.2 Å². The summed E-state index contributed by atoms with van der Waals surface area (Å²) in [5.74, 6) is 0.197. The second-order valence-electron chi connectivity index (χ2n) is 6.48. The van der Waals surface area contributed by atoms with Crippen LogP contribution in [0.25, 0.3) is 22.4 Å². The zero-order chi connectivity index (χ0) is 18.1. The summed E-state index contributed by atoms with van der Waals surface area (Å²) in [6, 6.07) is 9.65. The molecule has 1 aliphatic carbocycles. The third kappa shape index (κ3) is 3.05. The molecule has 0 bridgehead atoms. The van der Waals surface area contributed by atoms with Crippen molar-refractivity contribution in [1.82, 2.24) is 14.8 Å². The Balaban J connectivity index is 1.80. The van der Waals surface area contributed by atoms with Crippen molar-refractivity contribution in [2.24, 2.45) is 0 Å². The molecule has 132 valence electrons. The number of aromatic nitrogens is 3. The van der Waals surface area contributed by atoms with Crippen molar-refractivity contribution in [3.05, 3.63) is 60.0 Å². The number of rotatable bonds is 5. The number of Topliss-reactive ketones (excluding diaryl/α,β-unsaturated/α-hetero) is 1. The fraction of sp³-hybridized carbons (Fsp3) is 0.250. The number of nitrogens with zero attached hydrogens (tertiary/aromatic N) is 3. The van der Waals surface area contributed by atoms with E-state index in [0.717, 1.165) is 39.9 Å². The lowest BCUT2D eigenvalue weighted by Crippen LogP contribution is -2.20. The maximum atomic E-state index is 11.9. The fourth-order valence-corrected chi connectivity index (χ4v) is 3.35. The molecule has 3 aromatic rings. The van der Waals surface area contributed by atoms with Crippen molar-refractivity contribution >= 4 is 5.78 Å². The van der Waals surface area contributed by atoms with E-state index in [1.54, 1.807) is 17.1 Å². The van der Waals surface area contributed by atoms with Crippen LogP contribution in [-0.4, -0.2) is 43.5 Å². The molecule has 1 atom stereocenters. The number of benzene rings is 1. The minimum atomic E-state index is -0.870. The van der Waals surface area contributed by atoms with E-state index in [4.69, 9.17) is 5.11 Å². The van der Waals surface area contributed by atoms with Gasteiger partial charge in [-0.15, -0.1) is 0 Å². The van der Waals surface area contributed by atoms with Crippen LogP contribution < -0.4 is 0 Å². The predicted molar refractivity (Wildman–Crippen MR) is 96.6 cm³/mol. The molecule has 0 radical (unpaired) electrons. The van der Waals surface area contributed by atoms with E-state index in [-0.39, 0.29) is 18.9 Å². The van der Waals surface area contributed by atoms with Crippen LogP contribution in [0.3, 0.4) is 0 Å². The van der Waals surface area contributed by atoms with Gasteiger partial charge in [-0.1, -0.05) is 18.2 Å². The average molecular weight is 349 g/mol. The lowest BCUT2D eigenvalue weighted by atomic mass is 9.98. The summed E-state index contributed by atoms with van der Waals surface area (Å²) in [5, 5.41) is 23.5. The molecule has 6 nitrogen and oxygen atoms in total. The van der Waals surface area contributed by atoms with Crippen molar-refractivity contribution in [1.29, 1.82) is 0 Å².